The van der Waals surface area contributed by atoms with E-state index in [0.717, 1.165) is 6.07 Å². The van der Waals surface area contributed by atoms with Crippen molar-refractivity contribution in [1.29, 1.82) is 0 Å². The minimum absolute atomic E-state index is 0.0686. The van der Waals surface area contributed by atoms with Gasteiger partial charge in [-0.05, 0) is 29.6 Å². The Bertz CT molecular complexity index is 1270. The highest BCUT2D eigenvalue weighted by molar-refractivity contribution is 7.13. The number of ether oxygens (including phenoxy) is 2. The van der Waals surface area contributed by atoms with Gasteiger partial charge in [-0.25, -0.2) is 4.98 Å². The number of nitrogens with one attached hydrogen (secondary N) is 1. The minimum Gasteiger partial charge on any atom is -0.454 e. The molecule has 3 aromatic heterocycles. The smallest absolute Gasteiger partial charge is 0.433 e. The van der Waals surface area contributed by atoms with E-state index in [0.29, 0.717) is 26.6 Å². The molecule has 8 nitrogen and oxygen atoms in total. The second-order valence-electron chi connectivity index (χ2n) is 6.17. The van der Waals surface area contributed by atoms with Crippen molar-refractivity contribution >= 4 is 28.7 Å². The second kappa shape index (κ2) is 6.69. The van der Waals surface area contributed by atoms with Crippen LogP contribution in [0, 0.1) is 0 Å². The summed E-state index contributed by atoms with van der Waals surface area (Å²) in [5.74, 6) is -0.598. The first-order valence-corrected chi connectivity index (χ1v) is 9.36. The fourth-order valence-corrected chi connectivity index (χ4v) is 3.56. The molecular formula is C18H10F3N5O3S. The Kier molecular flexibility index (Phi) is 4.10. The number of thiophene rings is 1. The van der Waals surface area contributed by atoms with Gasteiger partial charge in [-0.15, -0.1) is 16.4 Å². The third-order valence-electron chi connectivity index (χ3n) is 4.21. The standard InChI is InChI=1S/C18H10F3N5O3S/c19-18(20,21)14-7-10(13-2-1-5-30-13)23-17-24-15(25-26(14)17)16(27)22-9-3-4-11-12(6-9)29-8-28-11/h1-7H,8H2,(H,22,27). The van der Waals surface area contributed by atoms with Gasteiger partial charge >= 0.3 is 6.18 Å². The lowest BCUT2D eigenvalue weighted by Crippen LogP contribution is -2.16. The molecule has 0 unspecified atom stereocenters. The number of carbonyl (C=O) groups excluding carboxylic acids is 1. The molecule has 30 heavy (non-hydrogen) atoms. The molecule has 4 heterocycles. The molecule has 1 aliphatic heterocycles. The summed E-state index contributed by atoms with van der Waals surface area (Å²) in [6.45, 7) is 0.0686. The summed E-state index contributed by atoms with van der Waals surface area (Å²) >= 11 is 1.24. The molecule has 0 fully saturated rings. The van der Waals surface area contributed by atoms with E-state index in [1.807, 2.05) is 0 Å². The van der Waals surface area contributed by atoms with Crippen molar-refractivity contribution in [3.05, 3.63) is 53.3 Å². The van der Waals surface area contributed by atoms with E-state index in [9.17, 15) is 18.0 Å². The van der Waals surface area contributed by atoms with Crippen LogP contribution < -0.4 is 14.8 Å². The summed E-state index contributed by atoms with van der Waals surface area (Å²) in [6.07, 6.45) is -4.72. The molecule has 0 saturated heterocycles. The topological polar surface area (TPSA) is 90.6 Å². The fourth-order valence-electron chi connectivity index (χ4n) is 2.88. The van der Waals surface area contributed by atoms with E-state index >= 15 is 0 Å². The SMILES string of the molecule is O=C(Nc1ccc2c(c1)OCO2)c1nc2nc(-c3cccs3)cc(C(F)(F)F)n2n1. The van der Waals surface area contributed by atoms with Crippen LogP contribution in [0.15, 0.2) is 41.8 Å². The fraction of sp³-hybridized carbons (Fsp3) is 0.111. The van der Waals surface area contributed by atoms with E-state index in [2.05, 4.69) is 20.4 Å². The number of carbonyl (C=O) groups is 1. The van der Waals surface area contributed by atoms with E-state index in [-0.39, 0.29) is 18.3 Å². The average Bonchev–Trinajstić information content (AvgIpc) is 3.44. The number of aromatic nitrogens is 4. The number of hydrogen-bond donors (Lipinski definition) is 1. The van der Waals surface area contributed by atoms with Crippen LogP contribution in [0.1, 0.15) is 16.3 Å². The maximum atomic E-state index is 13.6. The molecule has 1 aromatic carbocycles. The highest BCUT2D eigenvalue weighted by atomic mass is 32.1. The molecule has 0 spiro atoms. The van der Waals surface area contributed by atoms with Crippen LogP contribution in [0.5, 0.6) is 11.5 Å². The molecule has 0 aliphatic carbocycles. The summed E-state index contributed by atoms with van der Waals surface area (Å²) < 4.78 is 51.7. The van der Waals surface area contributed by atoms with Crippen LogP contribution in [-0.4, -0.2) is 32.3 Å². The molecular weight excluding hydrogens is 423 g/mol. The van der Waals surface area contributed by atoms with Crippen LogP contribution in [0.2, 0.25) is 0 Å². The van der Waals surface area contributed by atoms with Crippen LogP contribution >= 0.6 is 11.3 Å². The number of rotatable bonds is 3. The van der Waals surface area contributed by atoms with Crippen molar-refractivity contribution in [2.24, 2.45) is 0 Å². The predicted molar refractivity (Wildman–Crippen MR) is 99.6 cm³/mol. The molecule has 1 aliphatic rings. The number of halogens is 3. The van der Waals surface area contributed by atoms with Gasteiger partial charge < -0.3 is 14.8 Å². The molecule has 1 N–H and O–H groups in total. The number of nitrogens with zero attached hydrogens (tertiary/aromatic N) is 4. The number of benzene rings is 1. The third-order valence-corrected chi connectivity index (χ3v) is 5.10. The van der Waals surface area contributed by atoms with Gasteiger partial charge in [0.15, 0.2) is 17.2 Å². The number of amides is 1. The van der Waals surface area contributed by atoms with Gasteiger partial charge in [-0.3, -0.25) is 4.79 Å². The van der Waals surface area contributed by atoms with Gasteiger partial charge in [0.25, 0.3) is 11.7 Å². The van der Waals surface area contributed by atoms with Crippen molar-refractivity contribution in [2.75, 3.05) is 12.1 Å². The van der Waals surface area contributed by atoms with Crippen molar-refractivity contribution in [2.45, 2.75) is 6.18 Å². The van der Waals surface area contributed by atoms with E-state index < -0.39 is 23.6 Å². The molecule has 0 bridgehead atoms. The van der Waals surface area contributed by atoms with Gasteiger partial charge in [0.1, 0.15) is 0 Å². The maximum Gasteiger partial charge on any atom is 0.433 e. The monoisotopic (exact) mass is 433 g/mol. The number of anilines is 1. The molecule has 0 radical (unpaired) electrons. The van der Waals surface area contributed by atoms with E-state index in [1.165, 1.54) is 17.4 Å². The maximum absolute atomic E-state index is 13.6. The van der Waals surface area contributed by atoms with Crippen LogP contribution in [0.3, 0.4) is 0 Å². The van der Waals surface area contributed by atoms with E-state index in [4.69, 9.17) is 9.47 Å². The molecule has 152 valence electrons. The highest BCUT2D eigenvalue weighted by Crippen LogP contribution is 2.35. The Balaban J connectivity index is 1.53. The zero-order valence-electron chi connectivity index (χ0n) is 14.8. The molecule has 4 aromatic rings. The molecule has 0 atom stereocenters. The van der Waals surface area contributed by atoms with Crippen molar-refractivity contribution in [1.82, 2.24) is 19.6 Å². The van der Waals surface area contributed by atoms with Crippen molar-refractivity contribution < 1.29 is 27.4 Å². The Morgan fingerprint density at radius 3 is 2.73 bits per heavy atom. The molecule has 0 saturated carbocycles. The first-order valence-electron chi connectivity index (χ1n) is 8.48. The summed E-state index contributed by atoms with van der Waals surface area (Å²) in [4.78, 5) is 21.1. The summed E-state index contributed by atoms with van der Waals surface area (Å²) in [5.41, 5.74) is -0.628. The Hall–Kier alpha value is -3.67. The average molecular weight is 433 g/mol. The van der Waals surface area contributed by atoms with Gasteiger partial charge in [0, 0.05) is 11.8 Å². The van der Waals surface area contributed by atoms with E-state index in [1.54, 1.807) is 29.6 Å². The zero-order valence-corrected chi connectivity index (χ0v) is 15.6. The first-order chi connectivity index (χ1) is 14.4. The number of hydrogen-bond acceptors (Lipinski definition) is 7. The predicted octanol–water partition coefficient (Wildman–Crippen LogP) is 3.85. The highest BCUT2D eigenvalue weighted by Gasteiger charge is 2.36. The third kappa shape index (κ3) is 3.20. The normalized spacial score (nSPS) is 13.0. The first kappa shape index (κ1) is 18.4. The lowest BCUT2D eigenvalue weighted by Gasteiger charge is -2.09. The van der Waals surface area contributed by atoms with Crippen molar-refractivity contribution in [3.8, 4) is 22.1 Å². The molecule has 12 heteroatoms. The molecule has 5 rings (SSSR count). The van der Waals surface area contributed by atoms with Crippen LogP contribution in [-0.2, 0) is 6.18 Å². The summed E-state index contributed by atoms with van der Waals surface area (Å²) in [7, 11) is 0. The van der Waals surface area contributed by atoms with Crippen LogP contribution in [0.25, 0.3) is 16.3 Å². The quantitative estimate of drug-likeness (QED) is 0.528. The summed E-state index contributed by atoms with van der Waals surface area (Å²) in [6, 6.07) is 8.93. The number of alkyl halides is 3. The summed E-state index contributed by atoms with van der Waals surface area (Å²) in [5, 5.41) is 7.98. The van der Waals surface area contributed by atoms with Gasteiger partial charge in [0.2, 0.25) is 12.6 Å². The van der Waals surface area contributed by atoms with Gasteiger partial charge in [0.05, 0.1) is 10.6 Å². The van der Waals surface area contributed by atoms with Gasteiger partial charge in [-0.2, -0.15) is 22.7 Å². The Labute approximate surface area is 169 Å². The largest absolute Gasteiger partial charge is 0.454 e. The zero-order chi connectivity index (χ0) is 20.9. The number of fused-ring (bicyclic) bond motifs is 2. The van der Waals surface area contributed by atoms with Gasteiger partial charge in [-0.1, -0.05) is 6.07 Å². The Morgan fingerprint density at radius 1 is 1.13 bits per heavy atom. The lowest BCUT2D eigenvalue weighted by atomic mass is 10.3. The van der Waals surface area contributed by atoms with Crippen LogP contribution in [0.4, 0.5) is 18.9 Å². The second-order valence-corrected chi connectivity index (χ2v) is 7.12. The lowest BCUT2D eigenvalue weighted by molar-refractivity contribution is -0.142. The van der Waals surface area contributed by atoms with Crippen molar-refractivity contribution in [3.63, 3.8) is 0 Å². The Morgan fingerprint density at radius 2 is 1.97 bits per heavy atom. The minimum atomic E-state index is -4.72. The molecule has 1 amide bonds.